The van der Waals surface area contributed by atoms with Gasteiger partial charge < -0.3 is 9.84 Å². The summed E-state index contributed by atoms with van der Waals surface area (Å²) in [5, 5.41) is 16.9. The maximum absolute atomic E-state index is 13.9. The number of alkyl halides is 4. The van der Waals surface area contributed by atoms with Crippen molar-refractivity contribution in [1.82, 2.24) is 9.78 Å². The molecular weight excluding hydrogens is 420 g/mol. The van der Waals surface area contributed by atoms with Crippen LogP contribution in [0.25, 0.3) is 16.6 Å². The van der Waals surface area contributed by atoms with Crippen LogP contribution in [0.3, 0.4) is 0 Å². The standard InChI is InChI=1S/C21H16F4N2O2S/c22-13-20(28,11-14-8-9-30-19(14)29-21(23,24)25)16-6-7-18-15(10-16)12-26-27(18)17-4-2-1-3-5-17/h1-10,12,28H,11,13H2. The third-order valence-corrected chi connectivity index (χ3v) is 5.56. The molecule has 30 heavy (non-hydrogen) atoms. The van der Waals surface area contributed by atoms with Gasteiger partial charge in [0.1, 0.15) is 12.3 Å². The highest BCUT2D eigenvalue weighted by Gasteiger charge is 2.36. The molecule has 1 N–H and O–H groups in total. The highest BCUT2D eigenvalue weighted by molar-refractivity contribution is 7.12. The van der Waals surface area contributed by atoms with Crippen LogP contribution in [0.1, 0.15) is 11.1 Å². The third kappa shape index (κ3) is 4.03. The van der Waals surface area contributed by atoms with Gasteiger partial charge in [0.2, 0.25) is 0 Å². The molecule has 2 aromatic heterocycles. The van der Waals surface area contributed by atoms with E-state index >= 15 is 0 Å². The Morgan fingerprint density at radius 1 is 1.07 bits per heavy atom. The molecule has 2 heterocycles. The van der Waals surface area contributed by atoms with Crippen LogP contribution < -0.4 is 4.74 Å². The Morgan fingerprint density at radius 2 is 1.83 bits per heavy atom. The van der Waals surface area contributed by atoms with Gasteiger partial charge in [-0.1, -0.05) is 24.3 Å². The van der Waals surface area contributed by atoms with Gasteiger partial charge in [0.15, 0.2) is 5.06 Å². The maximum Gasteiger partial charge on any atom is 0.573 e. The first kappa shape index (κ1) is 20.4. The number of benzene rings is 2. The number of rotatable bonds is 6. The zero-order chi connectivity index (χ0) is 21.4. The minimum atomic E-state index is -4.86. The summed E-state index contributed by atoms with van der Waals surface area (Å²) >= 11 is 0.737. The summed E-state index contributed by atoms with van der Waals surface area (Å²) in [6.07, 6.45) is -3.64. The van der Waals surface area contributed by atoms with Gasteiger partial charge in [-0.3, -0.25) is 0 Å². The second kappa shape index (κ2) is 7.73. The van der Waals surface area contributed by atoms with Crippen molar-refractivity contribution in [2.75, 3.05) is 6.67 Å². The average molecular weight is 436 g/mol. The molecule has 2 aromatic carbocycles. The Balaban J connectivity index is 1.67. The van der Waals surface area contributed by atoms with Crippen LogP contribution in [0.5, 0.6) is 5.06 Å². The van der Waals surface area contributed by atoms with E-state index in [1.165, 1.54) is 11.4 Å². The summed E-state index contributed by atoms with van der Waals surface area (Å²) in [5.41, 5.74) is -0.0868. The number of hydrogen-bond acceptors (Lipinski definition) is 4. The first-order valence-electron chi connectivity index (χ1n) is 8.93. The monoisotopic (exact) mass is 436 g/mol. The van der Waals surface area contributed by atoms with E-state index in [-0.39, 0.29) is 17.5 Å². The van der Waals surface area contributed by atoms with Crippen LogP contribution >= 0.6 is 11.3 Å². The number of aromatic nitrogens is 2. The molecule has 4 nitrogen and oxygen atoms in total. The number of halogens is 4. The summed E-state index contributed by atoms with van der Waals surface area (Å²) in [6.45, 7) is -1.17. The molecular formula is C21H16F4N2O2S. The molecule has 0 bridgehead atoms. The molecule has 0 radical (unpaired) electrons. The van der Waals surface area contributed by atoms with Crippen LogP contribution in [-0.4, -0.2) is 27.9 Å². The Labute approximate surface area is 173 Å². The third-order valence-electron chi connectivity index (χ3n) is 4.73. The lowest BCUT2D eigenvalue weighted by atomic mass is 9.88. The normalized spacial score (nSPS) is 14.0. The molecule has 4 aromatic rings. The second-order valence-corrected chi connectivity index (χ2v) is 7.67. The lowest BCUT2D eigenvalue weighted by Crippen LogP contribution is -2.31. The molecule has 0 saturated carbocycles. The summed E-state index contributed by atoms with van der Waals surface area (Å²) in [7, 11) is 0. The minimum Gasteiger partial charge on any atom is -0.396 e. The summed E-state index contributed by atoms with van der Waals surface area (Å²) < 4.78 is 57.4. The number of ether oxygens (including phenoxy) is 1. The Bertz CT molecular complexity index is 1160. The summed E-state index contributed by atoms with van der Waals surface area (Å²) in [4.78, 5) is 0. The van der Waals surface area contributed by atoms with Crippen molar-refractivity contribution in [2.45, 2.75) is 18.4 Å². The van der Waals surface area contributed by atoms with Gasteiger partial charge in [0.05, 0.1) is 17.4 Å². The van der Waals surface area contributed by atoms with E-state index in [1.54, 1.807) is 29.1 Å². The van der Waals surface area contributed by atoms with Crippen LogP contribution in [-0.2, 0) is 12.0 Å². The van der Waals surface area contributed by atoms with Crippen molar-refractivity contribution in [3.8, 4) is 10.8 Å². The van der Waals surface area contributed by atoms with Crippen LogP contribution in [0, 0.1) is 0 Å². The molecule has 0 amide bonds. The fraction of sp³-hybridized carbons (Fsp3) is 0.190. The van der Waals surface area contributed by atoms with Gasteiger partial charge in [-0.25, -0.2) is 9.07 Å². The summed E-state index contributed by atoms with van der Waals surface area (Å²) in [5.74, 6) is 0. The smallest absolute Gasteiger partial charge is 0.396 e. The van der Waals surface area contributed by atoms with Crippen molar-refractivity contribution in [2.24, 2.45) is 0 Å². The highest BCUT2D eigenvalue weighted by Crippen LogP contribution is 2.37. The Morgan fingerprint density at radius 3 is 2.53 bits per heavy atom. The predicted molar refractivity (Wildman–Crippen MR) is 106 cm³/mol. The molecule has 0 fully saturated rings. The highest BCUT2D eigenvalue weighted by atomic mass is 32.1. The van der Waals surface area contributed by atoms with Gasteiger partial charge >= 0.3 is 6.36 Å². The number of fused-ring (bicyclic) bond motifs is 1. The molecule has 156 valence electrons. The number of nitrogens with zero attached hydrogens (tertiary/aromatic N) is 2. The van der Waals surface area contributed by atoms with Crippen molar-refractivity contribution in [1.29, 1.82) is 0 Å². The quantitative estimate of drug-likeness (QED) is 0.413. The Hall–Kier alpha value is -2.91. The molecule has 1 atom stereocenters. The predicted octanol–water partition coefficient (Wildman–Crippen LogP) is 5.39. The van der Waals surface area contributed by atoms with E-state index in [9.17, 15) is 22.7 Å². The molecule has 4 rings (SSSR count). The zero-order valence-electron chi connectivity index (χ0n) is 15.4. The first-order valence-corrected chi connectivity index (χ1v) is 9.81. The molecule has 0 aliphatic rings. The van der Waals surface area contributed by atoms with Gasteiger partial charge in [-0.2, -0.15) is 5.10 Å². The van der Waals surface area contributed by atoms with Crippen molar-refractivity contribution in [3.63, 3.8) is 0 Å². The number of thiophene rings is 1. The van der Waals surface area contributed by atoms with E-state index < -0.39 is 23.7 Å². The van der Waals surface area contributed by atoms with Gasteiger partial charge in [0, 0.05) is 17.4 Å². The van der Waals surface area contributed by atoms with E-state index in [2.05, 4.69) is 9.84 Å². The van der Waals surface area contributed by atoms with Crippen LogP contribution in [0.2, 0.25) is 0 Å². The topological polar surface area (TPSA) is 47.3 Å². The zero-order valence-corrected chi connectivity index (χ0v) is 16.3. The van der Waals surface area contributed by atoms with Crippen LogP contribution in [0.4, 0.5) is 17.6 Å². The lowest BCUT2D eigenvalue weighted by Gasteiger charge is -2.26. The fourth-order valence-corrected chi connectivity index (χ4v) is 4.08. The molecule has 1 unspecified atom stereocenters. The van der Waals surface area contributed by atoms with E-state index in [0.29, 0.717) is 5.39 Å². The SMILES string of the molecule is OC(CF)(Cc1ccsc1OC(F)(F)F)c1ccc2c(cnn2-c2ccccc2)c1. The van der Waals surface area contributed by atoms with E-state index in [4.69, 9.17) is 0 Å². The first-order chi connectivity index (χ1) is 14.3. The number of para-hydroxylation sites is 1. The number of aliphatic hydroxyl groups is 1. The average Bonchev–Trinajstić information content (AvgIpc) is 3.33. The number of hydrogen-bond donors (Lipinski definition) is 1. The molecule has 9 heteroatoms. The minimum absolute atomic E-state index is 0.0811. The van der Waals surface area contributed by atoms with Crippen molar-refractivity contribution < 1.29 is 27.4 Å². The fourth-order valence-electron chi connectivity index (χ4n) is 3.29. The maximum atomic E-state index is 13.9. The largest absolute Gasteiger partial charge is 0.573 e. The van der Waals surface area contributed by atoms with E-state index in [1.807, 2.05) is 30.3 Å². The molecule has 0 spiro atoms. The van der Waals surface area contributed by atoms with Crippen molar-refractivity contribution in [3.05, 3.63) is 77.3 Å². The lowest BCUT2D eigenvalue weighted by molar-refractivity contribution is -0.273. The van der Waals surface area contributed by atoms with Gasteiger partial charge in [0.25, 0.3) is 0 Å². The Kier molecular flexibility index (Phi) is 5.25. The summed E-state index contributed by atoms with van der Waals surface area (Å²) in [6, 6.07) is 15.6. The van der Waals surface area contributed by atoms with Crippen molar-refractivity contribution >= 4 is 22.2 Å². The molecule has 0 aliphatic heterocycles. The van der Waals surface area contributed by atoms with Gasteiger partial charge in [-0.15, -0.1) is 24.5 Å². The molecule has 0 aliphatic carbocycles. The molecule has 0 saturated heterocycles. The second-order valence-electron chi connectivity index (χ2n) is 6.79. The van der Waals surface area contributed by atoms with E-state index in [0.717, 1.165) is 22.5 Å². The van der Waals surface area contributed by atoms with Gasteiger partial charge in [-0.05, 0) is 41.3 Å². The van der Waals surface area contributed by atoms with Crippen LogP contribution in [0.15, 0.2) is 66.2 Å².